The Morgan fingerprint density at radius 3 is 2.39 bits per heavy atom. The van der Waals surface area contributed by atoms with Crippen LogP contribution in [0.25, 0.3) is 0 Å². The van der Waals surface area contributed by atoms with Crippen LogP contribution in [0.2, 0.25) is 0 Å². The minimum atomic E-state index is -0.287. The lowest BCUT2D eigenvalue weighted by molar-refractivity contribution is -0.117. The first-order valence-electron chi connectivity index (χ1n) is 7.81. The third-order valence-corrected chi connectivity index (χ3v) is 4.61. The molecule has 23 heavy (non-hydrogen) atoms. The highest BCUT2D eigenvalue weighted by Crippen LogP contribution is 2.24. The lowest BCUT2D eigenvalue weighted by atomic mass is 9.95. The van der Waals surface area contributed by atoms with Gasteiger partial charge in [0.2, 0.25) is 5.91 Å². The summed E-state index contributed by atoms with van der Waals surface area (Å²) in [5.74, 6) is -0.261. The molecule has 1 N–H and O–H groups in total. The quantitative estimate of drug-likeness (QED) is 0.804. The number of anilines is 1. The number of hydrogen-bond donors (Lipinski definition) is 1. The molecule has 0 aliphatic carbocycles. The molecule has 0 bridgehead atoms. The molecule has 4 nitrogen and oxygen atoms in total. The monoisotopic (exact) mass is 330 g/mol. The van der Waals surface area contributed by atoms with E-state index in [1.54, 1.807) is 17.6 Å². The first-order valence-corrected chi connectivity index (χ1v) is 8.69. The Morgan fingerprint density at radius 1 is 1.17 bits per heavy atom. The van der Waals surface area contributed by atoms with E-state index in [0.717, 1.165) is 22.7 Å². The highest BCUT2D eigenvalue weighted by atomic mass is 32.1. The van der Waals surface area contributed by atoms with Gasteiger partial charge in [-0.2, -0.15) is 0 Å². The van der Waals surface area contributed by atoms with Gasteiger partial charge in [-0.25, -0.2) is 4.98 Å². The van der Waals surface area contributed by atoms with Crippen LogP contribution in [0.1, 0.15) is 55.2 Å². The Kier molecular flexibility index (Phi) is 5.66. The van der Waals surface area contributed by atoms with E-state index in [0.29, 0.717) is 5.56 Å². The second kappa shape index (κ2) is 7.51. The summed E-state index contributed by atoms with van der Waals surface area (Å²) < 4.78 is 0. The molecule has 1 amide bonds. The van der Waals surface area contributed by atoms with Crippen LogP contribution in [0.3, 0.4) is 0 Å². The molecule has 0 saturated carbocycles. The van der Waals surface area contributed by atoms with E-state index in [4.69, 9.17) is 0 Å². The number of benzene rings is 1. The van der Waals surface area contributed by atoms with Crippen molar-refractivity contribution < 1.29 is 9.59 Å². The van der Waals surface area contributed by atoms with E-state index in [9.17, 15) is 9.59 Å². The summed E-state index contributed by atoms with van der Waals surface area (Å²) in [7, 11) is 0. The predicted molar refractivity (Wildman–Crippen MR) is 94.1 cm³/mol. The maximum Gasteiger partial charge on any atom is 0.232 e. The zero-order chi connectivity index (χ0) is 17.0. The Labute approximate surface area is 141 Å². The number of ketones is 1. The maximum absolute atomic E-state index is 12.4. The standard InChI is InChI=1S/C18H22N2O2S/c1-5-15-18(23-10-19-15)20-17(22)12(4)13-6-8-14(9-7-13)16(21)11(2)3/h6-12H,5H2,1-4H3,(H,20,22). The molecule has 0 fully saturated rings. The van der Waals surface area contributed by atoms with Gasteiger partial charge in [0.25, 0.3) is 0 Å². The molecule has 0 radical (unpaired) electrons. The fraction of sp³-hybridized carbons (Fsp3) is 0.389. The van der Waals surface area contributed by atoms with Crippen molar-refractivity contribution in [2.45, 2.75) is 40.0 Å². The molecule has 1 unspecified atom stereocenters. The van der Waals surface area contributed by atoms with Crippen molar-refractivity contribution in [3.63, 3.8) is 0 Å². The zero-order valence-corrected chi connectivity index (χ0v) is 14.7. The highest BCUT2D eigenvalue weighted by molar-refractivity contribution is 7.14. The molecule has 1 aromatic heterocycles. The molecule has 5 heteroatoms. The zero-order valence-electron chi connectivity index (χ0n) is 13.9. The lowest BCUT2D eigenvalue weighted by Crippen LogP contribution is -2.19. The number of rotatable bonds is 6. The smallest absolute Gasteiger partial charge is 0.232 e. The van der Waals surface area contributed by atoms with Crippen LogP contribution in [-0.4, -0.2) is 16.7 Å². The first-order chi connectivity index (χ1) is 10.9. The van der Waals surface area contributed by atoms with Crippen LogP contribution in [0, 0.1) is 5.92 Å². The summed E-state index contributed by atoms with van der Waals surface area (Å²) in [4.78, 5) is 28.6. The molecule has 2 aromatic rings. The van der Waals surface area contributed by atoms with Gasteiger partial charge in [-0.05, 0) is 18.9 Å². The third-order valence-electron chi connectivity index (χ3n) is 3.83. The molecule has 0 aliphatic rings. The average Bonchev–Trinajstić information content (AvgIpc) is 3.00. The number of thiazole rings is 1. The van der Waals surface area contributed by atoms with Gasteiger partial charge in [-0.3, -0.25) is 9.59 Å². The summed E-state index contributed by atoms with van der Waals surface area (Å²) in [6, 6.07) is 7.30. The van der Waals surface area contributed by atoms with Crippen LogP contribution in [0.4, 0.5) is 5.00 Å². The molecular formula is C18H22N2O2S. The molecule has 1 atom stereocenters. The van der Waals surface area contributed by atoms with E-state index in [2.05, 4.69) is 10.3 Å². The normalized spacial score (nSPS) is 12.2. The molecule has 0 spiro atoms. The molecule has 0 saturated heterocycles. The number of hydrogen-bond acceptors (Lipinski definition) is 4. The summed E-state index contributed by atoms with van der Waals surface area (Å²) in [5, 5.41) is 3.76. The SMILES string of the molecule is CCc1ncsc1NC(=O)C(C)c1ccc(C(=O)C(C)C)cc1. The number of nitrogens with zero attached hydrogens (tertiary/aromatic N) is 1. The van der Waals surface area contributed by atoms with Crippen LogP contribution < -0.4 is 5.32 Å². The van der Waals surface area contributed by atoms with Gasteiger partial charge in [0.05, 0.1) is 17.1 Å². The number of carbonyl (C=O) groups is 2. The number of aromatic nitrogens is 1. The van der Waals surface area contributed by atoms with Gasteiger partial charge in [0, 0.05) is 11.5 Å². The first kappa shape index (κ1) is 17.3. The van der Waals surface area contributed by atoms with Gasteiger partial charge in [0.1, 0.15) is 5.00 Å². The van der Waals surface area contributed by atoms with Crippen molar-refractivity contribution in [3.05, 3.63) is 46.6 Å². The minimum Gasteiger partial charge on any atom is -0.316 e. The maximum atomic E-state index is 12.4. The number of nitrogens with one attached hydrogen (secondary N) is 1. The van der Waals surface area contributed by atoms with Gasteiger partial charge in [-0.1, -0.05) is 45.0 Å². The molecule has 2 rings (SSSR count). The van der Waals surface area contributed by atoms with Crippen LogP contribution in [-0.2, 0) is 11.2 Å². The van der Waals surface area contributed by atoms with Gasteiger partial charge in [0.15, 0.2) is 5.78 Å². The average molecular weight is 330 g/mol. The van der Waals surface area contributed by atoms with Crippen LogP contribution in [0.5, 0.6) is 0 Å². The van der Waals surface area contributed by atoms with Gasteiger partial charge in [-0.15, -0.1) is 11.3 Å². The number of carbonyl (C=O) groups excluding carboxylic acids is 2. The van der Waals surface area contributed by atoms with Gasteiger partial charge < -0.3 is 5.32 Å². The Balaban J connectivity index is 2.09. The van der Waals surface area contributed by atoms with Crippen LogP contribution >= 0.6 is 11.3 Å². The third kappa shape index (κ3) is 4.05. The van der Waals surface area contributed by atoms with Crippen molar-refractivity contribution in [1.29, 1.82) is 0 Å². The number of Topliss-reactive ketones (excluding diaryl/α,β-unsaturated/α-hetero) is 1. The lowest BCUT2D eigenvalue weighted by Gasteiger charge is -2.13. The fourth-order valence-electron chi connectivity index (χ4n) is 2.26. The van der Waals surface area contributed by atoms with Crippen molar-refractivity contribution >= 4 is 28.0 Å². The summed E-state index contributed by atoms with van der Waals surface area (Å²) in [5.41, 5.74) is 4.23. The summed E-state index contributed by atoms with van der Waals surface area (Å²) in [6.45, 7) is 7.64. The topological polar surface area (TPSA) is 59.1 Å². The van der Waals surface area contributed by atoms with Crippen molar-refractivity contribution in [2.24, 2.45) is 5.92 Å². The fourth-order valence-corrected chi connectivity index (χ4v) is 3.04. The second-order valence-corrected chi connectivity index (χ2v) is 6.69. The van der Waals surface area contributed by atoms with E-state index in [1.807, 2.05) is 39.8 Å². The van der Waals surface area contributed by atoms with Crippen molar-refractivity contribution in [3.8, 4) is 0 Å². The number of aryl methyl sites for hydroxylation is 1. The molecule has 1 heterocycles. The Bertz CT molecular complexity index is 689. The molecule has 1 aromatic carbocycles. The summed E-state index contributed by atoms with van der Waals surface area (Å²) >= 11 is 1.44. The number of amides is 1. The molecular weight excluding hydrogens is 308 g/mol. The van der Waals surface area contributed by atoms with E-state index in [1.165, 1.54) is 11.3 Å². The van der Waals surface area contributed by atoms with Crippen molar-refractivity contribution in [1.82, 2.24) is 4.98 Å². The van der Waals surface area contributed by atoms with Gasteiger partial charge >= 0.3 is 0 Å². The Hall–Kier alpha value is -2.01. The molecule has 122 valence electrons. The minimum absolute atomic E-state index is 0.0274. The van der Waals surface area contributed by atoms with Crippen molar-refractivity contribution in [2.75, 3.05) is 5.32 Å². The second-order valence-electron chi connectivity index (χ2n) is 5.83. The molecule has 0 aliphatic heterocycles. The Morgan fingerprint density at radius 2 is 1.83 bits per heavy atom. The van der Waals surface area contributed by atoms with Crippen LogP contribution in [0.15, 0.2) is 29.8 Å². The van der Waals surface area contributed by atoms with E-state index in [-0.39, 0.29) is 23.5 Å². The summed E-state index contributed by atoms with van der Waals surface area (Å²) in [6.07, 6.45) is 0.791. The largest absolute Gasteiger partial charge is 0.316 e. The predicted octanol–water partition coefficient (Wildman–Crippen LogP) is 4.29. The highest BCUT2D eigenvalue weighted by Gasteiger charge is 2.18. The van der Waals surface area contributed by atoms with E-state index < -0.39 is 0 Å². The van der Waals surface area contributed by atoms with E-state index >= 15 is 0 Å².